The first-order chi connectivity index (χ1) is 14.8. The Morgan fingerprint density at radius 2 is 1.81 bits per heavy atom. The maximum absolute atomic E-state index is 11.7. The molecular formula is C14H19N5O10P2S. The molecule has 1 fully saturated rings. The summed E-state index contributed by atoms with van der Waals surface area (Å²) in [6, 6.07) is 0. The number of nitrogens with zero attached hydrogens (tertiary/aromatic N) is 4. The minimum atomic E-state index is -5.15. The lowest BCUT2D eigenvalue weighted by Crippen LogP contribution is -2.40. The van der Waals surface area contributed by atoms with E-state index in [4.69, 9.17) is 24.5 Å². The van der Waals surface area contributed by atoms with Crippen LogP contribution in [0.2, 0.25) is 0 Å². The molecule has 1 saturated heterocycles. The zero-order chi connectivity index (χ0) is 23.8. The number of carbonyl (C=O) groups is 2. The Morgan fingerprint density at radius 1 is 1.19 bits per heavy atom. The number of nitrogens with two attached hydrogens (primary N) is 1. The molecule has 5 atom stereocenters. The molecule has 2 aromatic rings. The third kappa shape index (κ3) is 4.97. The molecule has 0 aromatic carbocycles. The van der Waals surface area contributed by atoms with Gasteiger partial charge >= 0.3 is 19.2 Å². The highest BCUT2D eigenvalue weighted by Crippen LogP contribution is 2.75. The number of carbonyl (C=O) groups excluding carboxylic acids is 2. The summed E-state index contributed by atoms with van der Waals surface area (Å²) in [5.74, 6) is -1.42. The van der Waals surface area contributed by atoms with E-state index in [-0.39, 0.29) is 17.0 Å². The summed E-state index contributed by atoms with van der Waals surface area (Å²) in [5, 5.41) is 0. The number of esters is 2. The molecule has 0 bridgehead atoms. The molecule has 32 heavy (non-hydrogen) atoms. The maximum atomic E-state index is 11.7. The average molecular weight is 511 g/mol. The van der Waals surface area contributed by atoms with Gasteiger partial charge in [-0.2, -0.15) is 0 Å². The molecule has 176 valence electrons. The number of fused-ring (bicyclic) bond motifs is 1. The zero-order valence-corrected chi connectivity index (χ0v) is 19.1. The summed E-state index contributed by atoms with van der Waals surface area (Å²) in [7, 11) is -5.15. The van der Waals surface area contributed by atoms with Crippen molar-refractivity contribution < 1.29 is 47.6 Å². The predicted octanol–water partition coefficient (Wildman–Crippen LogP) is -0.420. The fourth-order valence-electron chi connectivity index (χ4n) is 3.02. The molecular weight excluding hydrogens is 492 g/mol. The Hall–Kier alpha value is -2.03. The quantitative estimate of drug-likeness (QED) is 0.274. The number of anilines is 1. The Balaban J connectivity index is 1.99. The Morgan fingerprint density at radius 3 is 2.41 bits per heavy atom. The van der Waals surface area contributed by atoms with Gasteiger partial charge in [0.15, 0.2) is 29.9 Å². The van der Waals surface area contributed by atoms with E-state index in [0.29, 0.717) is 0 Å². The van der Waals surface area contributed by atoms with Gasteiger partial charge in [-0.15, -0.1) is 0 Å². The van der Waals surface area contributed by atoms with Crippen LogP contribution in [0.4, 0.5) is 5.82 Å². The molecule has 3 rings (SSSR count). The highest BCUT2D eigenvalue weighted by Gasteiger charge is 2.51. The molecule has 15 nitrogen and oxygen atoms in total. The van der Waals surface area contributed by atoms with E-state index in [2.05, 4.69) is 26.8 Å². The topological polar surface area (TPSA) is 218 Å². The van der Waals surface area contributed by atoms with E-state index < -0.39 is 56.5 Å². The first-order valence-corrected chi connectivity index (χ1v) is 13.8. The molecule has 0 saturated carbocycles. The lowest BCUT2D eigenvalue weighted by molar-refractivity contribution is -0.165. The van der Waals surface area contributed by atoms with E-state index in [0.717, 1.165) is 13.8 Å². The smallest absolute Gasteiger partial charge is 0.406 e. The molecule has 0 radical (unpaired) electrons. The van der Waals surface area contributed by atoms with Crippen molar-refractivity contribution in [1.29, 1.82) is 0 Å². The lowest BCUT2D eigenvalue weighted by atomic mass is 10.1. The zero-order valence-electron chi connectivity index (χ0n) is 16.5. The summed E-state index contributed by atoms with van der Waals surface area (Å²) in [6.45, 7) is 1.54. The number of hydrogen-bond donors (Lipinski definition) is 4. The summed E-state index contributed by atoms with van der Waals surface area (Å²) >= 11 is 4.51. The molecule has 1 aliphatic rings. The van der Waals surface area contributed by atoms with Crippen molar-refractivity contribution in [2.24, 2.45) is 0 Å². The number of hydrogen-bond acceptors (Lipinski definition) is 12. The summed E-state index contributed by atoms with van der Waals surface area (Å²) in [5.41, 5.74) is 6.23. The Kier molecular flexibility index (Phi) is 6.98. The van der Waals surface area contributed by atoms with Gasteiger partial charge in [-0.1, -0.05) is 0 Å². The molecule has 2 aromatic heterocycles. The normalized spacial score (nSPS) is 25.4. The molecule has 5 N–H and O–H groups in total. The van der Waals surface area contributed by atoms with Crippen LogP contribution in [0, 0.1) is 0 Å². The lowest BCUT2D eigenvalue weighted by Gasteiger charge is -2.24. The fourth-order valence-corrected chi connectivity index (χ4v) is 4.34. The molecule has 1 aliphatic heterocycles. The molecule has 0 spiro atoms. The van der Waals surface area contributed by atoms with Gasteiger partial charge < -0.3 is 39.1 Å². The number of rotatable bonds is 7. The molecule has 0 aliphatic carbocycles. The van der Waals surface area contributed by atoms with Crippen LogP contribution >= 0.6 is 13.5 Å². The molecule has 1 unspecified atom stereocenters. The van der Waals surface area contributed by atoms with Crippen molar-refractivity contribution in [3.05, 3.63) is 12.7 Å². The number of nitrogen functional groups attached to an aromatic ring is 1. The van der Waals surface area contributed by atoms with Crippen LogP contribution in [0.1, 0.15) is 20.1 Å². The van der Waals surface area contributed by atoms with E-state index >= 15 is 0 Å². The maximum Gasteiger partial charge on any atom is 0.406 e. The van der Waals surface area contributed by atoms with Gasteiger partial charge in [-0.25, -0.2) is 19.5 Å². The van der Waals surface area contributed by atoms with Gasteiger partial charge in [-0.05, 0) is 11.8 Å². The highest BCUT2D eigenvalue weighted by molar-refractivity contribution is 8.47. The van der Waals surface area contributed by atoms with Gasteiger partial charge in [0.05, 0.1) is 12.9 Å². The minimum Gasteiger partial charge on any atom is -0.456 e. The summed E-state index contributed by atoms with van der Waals surface area (Å²) in [6.07, 6.45) is -7.02. The second kappa shape index (κ2) is 9.08. The van der Waals surface area contributed by atoms with Crippen molar-refractivity contribution in [2.45, 2.75) is 38.4 Å². The van der Waals surface area contributed by atoms with Crippen LogP contribution < -0.4 is 5.73 Å². The van der Waals surface area contributed by atoms with Gasteiger partial charge in [0.25, 0.3) is 6.18 Å². The third-order valence-electron chi connectivity index (χ3n) is 4.29. The second-order valence-corrected chi connectivity index (χ2v) is 14.3. The second-order valence-electron chi connectivity index (χ2n) is 6.60. The van der Waals surface area contributed by atoms with E-state index in [9.17, 15) is 28.8 Å². The monoisotopic (exact) mass is 511 g/mol. The van der Waals surface area contributed by atoms with Crippen LogP contribution in [0.25, 0.3) is 11.2 Å². The first kappa shape index (κ1) is 24.6. The van der Waals surface area contributed by atoms with Crippen molar-refractivity contribution >= 4 is 54.2 Å². The van der Waals surface area contributed by atoms with Gasteiger partial charge in [0, 0.05) is 13.8 Å². The van der Waals surface area contributed by atoms with Gasteiger partial charge in [0.2, 0.25) is 0 Å². The van der Waals surface area contributed by atoms with E-state index in [1.165, 1.54) is 17.2 Å². The molecule has 0 amide bonds. The van der Waals surface area contributed by atoms with Crippen molar-refractivity contribution in [2.75, 3.05) is 12.3 Å². The van der Waals surface area contributed by atoms with E-state index in [1.807, 2.05) is 0 Å². The standard InChI is InChI=1S/C14H19N5O10P2S/c1-6(20)27-10-8(3-26-31(25,32)30(22,23)24)29-14(11(10)28-7(2)21)19-5-18-9-12(15)16-4-17-13(9)19/h4-5,8,10-11,14H,3H2,1-2H3,(H,25,32)(H2,15,16,17)(H2,22,23,24)/t8-,10-,11-,14-,31?/m1/s1. The predicted molar refractivity (Wildman–Crippen MR) is 109 cm³/mol. The Bertz CT molecular complexity index is 1140. The largest absolute Gasteiger partial charge is 0.456 e. The van der Waals surface area contributed by atoms with Crippen LogP contribution in [0.15, 0.2) is 12.7 Å². The molecule has 18 heteroatoms. The van der Waals surface area contributed by atoms with Crippen LogP contribution in [0.3, 0.4) is 0 Å². The van der Waals surface area contributed by atoms with E-state index in [1.54, 1.807) is 0 Å². The number of aromatic nitrogens is 4. The summed E-state index contributed by atoms with van der Waals surface area (Å²) in [4.78, 5) is 63.7. The average Bonchev–Trinajstić information content (AvgIpc) is 3.22. The van der Waals surface area contributed by atoms with Crippen LogP contribution in [-0.4, -0.2) is 71.1 Å². The Labute approximate surface area is 185 Å². The minimum absolute atomic E-state index is 0.0785. The molecule has 3 heterocycles. The van der Waals surface area contributed by atoms with Crippen molar-refractivity contribution in [3.63, 3.8) is 0 Å². The summed E-state index contributed by atoms with van der Waals surface area (Å²) < 4.78 is 34.0. The highest BCUT2D eigenvalue weighted by atomic mass is 32.6. The van der Waals surface area contributed by atoms with Crippen molar-refractivity contribution in [3.8, 4) is 0 Å². The van der Waals surface area contributed by atoms with Crippen LogP contribution in [-0.2, 0) is 44.7 Å². The number of imidazole rings is 1. The SMILES string of the molecule is CC(=O)O[C@@H]1[C@H](OC(C)=O)[C@@H](COP(O)(=S)P(=O)(O)O)O[C@H]1n1cnc2c(N)ncnc21. The first-order valence-electron chi connectivity index (χ1n) is 8.78. The van der Waals surface area contributed by atoms with Crippen molar-refractivity contribution in [1.82, 2.24) is 19.5 Å². The van der Waals surface area contributed by atoms with Gasteiger partial charge in [-0.3, -0.25) is 14.2 Å². The van der Waals surface area contributed by atoms with Gasteiger partial charge in [0.1, 0.15) is 17.9 Å². The third-order valence-corrected chi connectivity index (χ3v) is 9.98. The van der Waals surface area contributed by atoms with Crippen LogP contribution in [0.5, 0.6) is 0 Å². The fraction of sp³-hybridized carbons (Fsp3) is 0.500. The number of ether oxygens (including phenoxy) is 3.